The van der Waals surface area contributed by atoms with Crippen molar-refractivity contribution in [1.29, 1.82) is 0 Å². The Morgan fingerprint density at radius 1 is 1.80 bits per heavy atom. The second-order valence-electron chi connectivity index (χ2n) is 2.91. The average molecular weight is 140 g/mol. The number of carbonyl (C=O) groups excluding carboxylic acids is 1. The smallest absolute Gasteiger partial charge is 0.148 e. The van der Waals surface area contributed by atoms with E-state index in [1.165, 1.54) is 0 Å². The molecule has 0 aromatic rings. The van der Waals surface area contributed by atoms with E-state index >= 15 is 0 Å². The van der Waals surface area contributed by atoms with Crippen LogP contribution in [0.3, 0.4) is 0 Å². The summed E-state index contributed by atoms with van der Waals surface area (Å²) < 4.78 is 0. The third kappa shape index (κ3) is 1.45. The van der Waals surface area contributed by atoms with E-state index in [0.29, 0.717) is 11.5 Å². The summed E-state index contributed by atoms with van der Waals surface area (Å²) in [6.45, 7) is 2.07. The predicted molar refractivity (Wildman–Crippen MR) is 38.6 cm³/mol. The molecule has 0 bridgehead atoms. The predicted octanol–water partition coefficient (Wildman–Crippen LogP) is 0.903. The van der Waals surface area contributed by atoms with Crippen LogP contribution in [0.15, 0.2) is 11.6 Å². The standard InChI is InChI=1S/C8H12O2/c1-6-2-3-7(5-9)8(10)4-6/h3,5-6,8,10H,2,4H2,1H3/t6-,8+/m1/s1. The Bertz CT molecular complexity index is 161. The van der Waals surface area contributed by atoms with Gasteiger partial charge in [-0.3, -0.25) is 4.79 Å². The fraction of sp³-hybridized carbons (Fsp3) is 0.625. The van der Waals surface area contributed by atoms with E-state index in [1.807, 2.05) is 6.08 Å². The van der Waals surface area contributed by atoms with Crippen molar-refractivity contribution in [3.05, 3.63) is 11.6 Å². The summed E-state index contributed by atoms with van der Waals surface area (Å²) in [6.07, 6.45) is 3.71. The van der Waals surface area contributed by atoms with Gasteiger partial charge in [0.15, 0.2) is 0 Å². The fourth-order valence-electron chi connectivity index (χ4n) is 1.21. The molecule has 0 unspecified atom stereocenters. The molecule has 0 fully saturated rings. The van der Waals surface area contributed by atoms with Crippen LogP contribution in [-0.2, 0) is 4.79 Å². The fourth-order valence-corrected chi connectivity index (χ4v) is 1.21. The molecule has 0 aromatic carbocycles. The first-order valence-corrected chi connectivity index (χ1v) is 3.57. The summed E-state index contributed by atoms with van der Waals surface area (Å²) in [4.78, 5) is 10.2. The maximum Gasteiger partial charge on any atom is 0.148 e. The first-order valence-electron chi connectivity index (χ1n) is 3.57. The number of aldehydes is 1. The second kappa shape index (κ2) is 2.97. The summed E-state index contributed by atoms with van der Waals surface area (Å²) in [5.74, 6) is 0.513. The molecule has 0 radical (unpaired) electrons. The molecular weight excluding hydrogens is 128 g/mol. The van der Waals surface area contributed by atoms with Gasteiger partial charge in [0, 0.05) is 5.57 Å². The minimum Gasteiger partial charge on any atom is -0.388 e. The second-order valence-corrected chi connectivity index (χ2v) is 2.91. The number of hydrogen-bond donors (Lipinski definition) is 1. The monoisotopic (exact) mass is 140 g/mol. The molecule has 0 spiro atoms. The Morgan fingerprint density at radius 2 is 2.50 bits per heavy atom. The molecule has 0 saturated heterocycles. The van der Waals surface area contributed by atoms with Crippen molar-refractivity contribution in [3.63, 3.8) is 0 Å². The van der Waals surface area contributed by atoms with Gasteiger partial charge in [-0.1, -0.05) is 13.0 Å². The van der Waals surface area contributed by atoms with Crippen molar-refractivity contribution in [2.24, 2.45) is 5.92 Å². The highest BCUT2D eigenvalue weighted by atomic mass is 16.3. The Hall–Kier alpha value is -0.630. The lowest BCUT2D eigenvalue weighted by Gasteiger charge is -2.20. The van der Waals surface area contributed by atoms with Gasteiger partial charge in [0.2, 0.25) is 0 Å². The Balaban J connectivity index is 2.65. The Kier molecular flexibility index (Phi) is 2.22. The van der Waals surface area contributed by atoms with Crippen molar-refractivity contribution in [3.8, 4) is 0 Å². The molecule has 2 nitrogen and oxygen atoms in total. The number of allylic oxidation sites excluding steroid dienone is 1. The quantitative estimate of drug-likeness (QED) is 0.549. The molecule has 0 aliphatic heterocycles. The lowest BCUT2D eigenvalue weighted by Crippen LogP contribution is -2.19. The zero-order valence-electron chi connectivity index (χ0n) is 6.08. The third-order valence-electron chi connectivity index (χ3n) is 1.90. The molecule has 2 heteroatoms. The topological polar surface area (TPSA) is 37.3 Å². The first kappa shape index (κ1) is 7.48. The highest BCUT2D eigenvalue weighted by molar-refractivity contribution is 5.74. The molecule has 10 heavy (non-hydrogen) atoms. The normalized spacial score (nSPS) is 33.2. The molecule has 0 heterocycles. The molecular formula is C8H12O2. The van der Waals surface area contributed by atoms with Gasteiger partial charge in [0.1, 0.15) is 6.29 Å². The van der Waals surface area contributed by atoms with Crippen LogP contribution in [0, 0.1) is 5.92 Å². The van der Waals surface area contributed by atoms with Crippen LogP contribution in [0.5, 0.6) is 0 Å². The van der Waals surface area contributed by atoms with Gasteiger partial charge in [-0.15, -0.1) is 0 Å². The van der Waals surface area contributed by atoms with Gasteiger partial charge >= 0.3 is 0 Å². The van der Waals surface area contributed by atoms with Gasteiger partial charge in [-0.2, -0.15) is 0 Å². The van der Waals surface area contributed by atoms with E-state index in [4.69, 9.17) is 0 Å². The van der Waals surface area contributed by atoms with Crippen LogP contribution in [-0.4, -0.2) is 17.5 Å². The van der Waals surface area contributed by atoms with Crippen molar-refractivity contribution in [1.82, 2.24) is 0 Å². The van der Waals surface area contributed by atoms with Gasteiger partial charge in [0.25, 0.3) is 0 Å². The Morgan fingerprint density at radius 3 is 3.00 bits per heavy atom. The summed E-state index contributed by atoms with van der Waals surface area (Å²) in [5, 5.41) is 9.24. The van der Waals surface area contributed by atoms with E-state index in [0.717, 1.165) is 19.1 Å². The van der Waals surface area contributed by atoms with Crippen LogP contribution in [0.4, 0.5) is 0 Å². The minimum absolute atomic E-state index is 0.513. The highest BCUT2D eigenvalue weighted by Gasteiger charge is 2.18. The lowest BCUT2D eigenvalue weighted by molar-refractivity contribution is -0.106. The molecule has 0 aromatic heterocycles. The number of aliphatic hydroxyl groups is 1. The van der Waals surface area contributed by atoms with Gasteiger partial charge in [-0.25, -0.2) is 0 Å². The molecule has 1 aliphatic carbocycles. The SMILES string of the molecule is C[C@@H]1CC=C(C=O)[C@@H](O)C1. The van der Waals surface area contributed by atoms with Gasteiger partial charge < -0.3 is 5.11 Å². The van der Waals surface area contributed by atoms with Crippen LogP contribution in [0.1, 0.15) is 19.8 Å². The van der Waals surface area contributed by atoms with E-state index < -0.39 is 6.10 Å². The molecule has 1 aliphatic rings. The molecule has 0 amide bonds. The molecule has 0 saturated carbocycles. The number of carbonyl (C=O) groups is 1. The van der Waals surface area contributed by atoms with Crippen molar-refractivity contribution >= 4 is 6.29 Å². The first-order chi connectivity index (χ1) is 4.74. The van der Waals surface area contributed by atoms with Crippen molar-refractivity contribution in [2.45, 2.75) is 25.9 Å². The van der Waals surface area contributed by atoms with Gasteiger partial charge in [0.05, 0.1) is 6.10 Å². The van der Waals surface area contributed by atoms with E-state index in [9.17, 15) is 9.90 Å². The maximum atomic E-state index is 10.2. The average Bonchev–Trinajstić information content (AvgIpc) is 1.88. The van der Waals surface area contributed by atoms with Crippen LogP contribution >= 0.6 is 0 Å². The van der Waals surface area contributed by atoms with Crippen LogP contribution in [0.2, 0.25) is 0 Å². The van der Waals surface area contributed by atoms with E-state index in [1.54, 1.807) is 0 Å². The van der Waals surface area contributed by atoms with Crippen LogP contribution < -0.4 is 0 Å². The third-order valence-corrected chi connectivity index (χ3v) is 1.90. The summed E-state index contributed by atoms with van der Waals surface area (Å²) >= 11 is 0. The maximum absolute atomic E-state index is 10.2. The molecule has 56 valence electrons. The zero-order valence-corrected chi connectivity index (χ0v) is 6.08. The van der Waals surface area contributed by atoms with Gasteiger partial charge in [-0.05, 0) is 18.8 Å². The summed E-state index contributed by atoms with van der Waals surface area (Å²) in [6, 6.07) is 0. The van der Waals surface area contributed by atoms with E-state index in [2.05, 4.69) is 6.92 Å². The van der Waals surface area contributed by atoms with Crippen LogP contribution in [0.25, 0.3) is 0 Å². The summed E-state index contributed by atoms with van der Waals surface area (Å²) in [5.41, 5.74) is 0.554. The zero-order chi connectivity index (χ0) is 7.56. The minimum atomic E-state index is -0.513. The summed E-state index contributed by atoms with van der Waals surface area (Å²) in [7, 11) is 0. The largest absolute Gasteiger partial charge is 0.388 e. The number of aliphatic hydroxyl groups excluding tert-OH is 1. The molecule has 1 N–H and O–H groups in total. The Labute approximate surface area is 60.6 Å². The number of hydrogen-bond acceptors (Lipinski definition) is 2. The highest BCUT2D eigenvalue weighted by Crippen LogP contribution is 2.21. The molecule has 2 atom stereocenters. The molecule has 1 rings (SSSR count). The lowest BCUT2D eigenvalue weighted by atomic mass is 9.89. The van der Waals surface area contributed by atoms with E-state index in [-0.39, 0.29) is 0 Å². The number of rotatable bonds is 1. The van der Waals surface area contributed by atoms with Crippen molar-refractivity contribution in [2.75, 3.05) is 0 Å². The van der Waals surface area contributed by atoms with Crippen molar-refractivity contribution < 1.29 is 9.90 Å².